The molecule has 0 bridgehead atoms. The molecule has 1 N–H and O–H groups in total. The second kappa shape index (κ2) is 5.40. The first-order valence-electron chi connectivity index (χ1n) is 6.19. The Labute approximate surface area is 132 Å². The van der Waals surface area contributed by atoms with Gasteiger partial charge in [0.1, 0.15) is 17.0 Å². The van der Waals surface area contributed by atoms with Crippen LogP contribution in [0.5, 0.6) is 0 Å². The number of nitrogens with zero attached hydrogens (tertiary/aromatic N) is 2. The lowest BCUT2D eigenvalue weighted by Gasteiger charge is -2.14. The van der Waals surface area contributed by atoms with Gasteiger partial charge in [0.05, 0.1) is 16.6 Å². The predicted octanol–water partition coefficient (Wildman–Crippen LogP) is 5.42. The van der Waals surface area contributed by atoms with Gasteiger partial charge in [-0.1, -0.05) is 11.6 Å². The highest BCUT2D eigenvalue weighted by atomic mass is 35.5. The van der Waals surface area contributed by atoms with Crippen LogP contribution in [-0.4, -0.2) is 9.97 Å². The molecule has 114 valence electrons. The van der Waals surface area contributed by atoms with E-state index in [1.165, 1.54) is 29.8 Å². The summed E-state index contributed by atoms with van der Waals surface area (Å²) < 4.78 is 39.4. The van der Waals surface area contributed by atoms with Crippen molar-refractivity contribution >= 4 is 44.7 Å². The lowest BCUT2D eigenvalue weighted by atomic mass is 10.1. The van der Waals surface area contributed by atoms with Crippen molar-refractivity contribution in [3.05, 3.63) is 46.1 Å². The normalized spacial score (nSPS) is 11.9. The maximum absolute atomic E-state index is 13.1. The summed E-state index contributed by atoms with van der Waals surface area (Å²) in [6.07, 6.45) is -3.19. The molecule has 2 aromatic heterocycles. The van der Waals surface area contributed by atoms with Gasteiger partial charge >= 0.3 is 6.18 Å². The highest BCUT2D eigenvalue weighted by Gasteiger charge is 2.34. The molecule has 8 heteroatoms. The molecule has 0 aliphatic heterocycles. The molecule has 3 nitrogen and oxygen atoms in total. The van der Waals surface area contributed by atoms with Crippen LogP contribution >= 0.6 is 22.9 Å². The molecule has 0 saturated heterocycles. The molecule has 2 heterocycles. The average Bonchev–Trinajstić information content (AvgIpc) is 2.81. The van der Waals surface area contributed by atoms with Crippen LogP contribution in [0.3, 0.4) is 0 Å². The van der Waals surface area contributed by atoms with Crippen molar-refractivity contribution in [2.24, 2.45) is 0 Å². The standard InChI is InChI=1S/C14H9ClF3N3S/c1-7-4-9-12(19-6-20-13(9)22-7)21-11-3-2-8(15)5-10(11)14(16,17)18/h2-6H,1H3,(H,19,20,21). The molecule has 0 radical (unpaired) electrons. The molecule has 0 saturated carbocycles. The maximum atomic E-state index is 13.1. The van der Waals surface area contributed by atoms with Crippen molar-refractivity contribution in [2.75, 3.05) is 5.32 Å². The molecule has 0 amide bonds. The summed E-state index contributed by atoms with van der Waals surface area (Å²) in [5.74, 6) is 0.335. The van der Waals surface area contributed by atoms with E-state index in [1.54, 1.807) is 0 Å². The third-order valence-electron chi connectivity index (χ3n) is 2.99. The van der Waals surface area contributed by atoms with E-state index in [9.17, 15) is 13.2 Å². The van der Waals surface area contributed by atoms with E-state index >= 15 is 0 Å². The highest BCUT2D eigenvalue weighted by Crippen LogP contribution is 2.38. The van der Waals surface area contributed by atoms with E-state index in [4.69, 9.17) is 11.6 Å². The van der Waals surface area contributed by atoms with E-state index in [1.807, 2.05) is 13.0 Å². The number of rotatable bonds is 2. The van der Waals surface area contributed by atoms with Crippen LogP contribution in [0.25, 0.3) is 10.2 Å². The van der Waals surface area contributed by atoms with Crippen molar-refractivity contribution in [1.82, 2.24) is 9.97 Å². The molecule has 0 spiro atoms. The third-order valence-corrected chi connectivity index (χ3v) is 4.19. The molecule has 0 aliphatic carbocycles. The summed E-state index contributed by atoms with van der Waals surface area (Å²) >= 11 is 7.13. The Balaban J connectivity index is 2.09. The Morgan fingerprint density at radius 3 is 2.68 bits per heavy atom. The Morgan fingerprint density at radius 2 is 1.95 bits per heavy atom. The summed E-state index contributed by atoms with van der Waals surface area (Å²) in [6, 6.07) is 5.42. The predicted molar refractivity (Wildman–Crippen MR) is 81.9 cm³/mol. The first-order valence-corrected chi connectivity index (χ1v) is 7.39. The SMILES string of the molecule is Cc1cc2c(Nc3ccc(Cl)cc3C(F)(F)F)ncnc2s1. The number of alkyl halides is 3. The minimum absolute atomic E-state index is 0.0251. The molecule has 3 aromatic rings. The Bertz CT molecular complexity index is 845. The first-order chi connectivity index (χ1) is 10.3. The molecule has 22 heavy (non-hydrogen) atoms. The van der Waals surface area contributed by atoms with Crippen molar-refractivity contribution in [3.8, 4) is 0 Å². The summed E-state index contributed by atoms with van der Waals surface area (Å²) in [6.45, 7) is 1.90. The van der Waals surface area contributed by atoms with Crippen LogP contribution in [0.1, 0.15) is 10.4 Å². The Hall–Kier alpha value is -1.86. The molecule has 0 fully saturated rings. The van der Waals surface area contributed by atoms with Crippen molar-refractivity contribution in [1.29, 1.82) is 0 Å². The average molecular weight is 344 g/mol. The van der Waals surface area contributed by atoms with Crippen LogP contribution < -0.4 is 5.32 Å². The molecular weight excluding hydrogens is 335 g/mol. The smallest absolute Gasteiger partial charge is 0.339 e. The summed E-state index contributed by atoms with van der Waals surface area (Å²) in [5, 5.41) is 3.45. The van der Waals surface area contributed by atoms with Gasteiger partial charge in [-0.15, -0.1) is 11.3 Å². The van der Waals surface area contributed by atoms with Crippen molar-refractivity contribution in [2.45, 2.75) is 13.1 Å². The van der Waals surface area contributed by atoms with Gasteiger partial charge in [-0.05, 0) is 31.2 Å². The number of thiophene rings is 1. The zero-order valence-electron chi connectivity index (χ0n) is 11.2. The van der Waals surface area contributed by atoms with Crippen LogP contribution in [0.4, 0.5) is 24.7 Å². The van der Waals surface area contributed by atoms with E-state index in [0.717, 1.165) is 15.8 Å². The molecule has 0 aliphatic rings. The van der Waals surface area contributed by atoms with Gasteiger partial charge in [-0.3, -0.25) is 0 Å². The number of fused-ring (bicyclic) bond motifs is 1. The lowest BCUT2D eigenvalue weighted by Crippen LogP contribution is -2.09. The number of aromatic nitrogens is 2. The Morgan fingerprint density at radius 1 is 1.18 bits per heavy atom. The number of hydrogen-bond acceptors (Lipinski definition) is 4. The number of benzene rings is 1. The van der Waals surface area contributed by atoms with Crippen LogP contribution in [-0.2, 0) is 6.18 Å². The van der Waals surface area contributed by atoms with Gasteiger partial charge < -0.3 is 5.32 Å². The van der Waals surface area contributed by atoms with Gasteiger partial charge in [0.2, 0.25) is 0 Å². The summed E-state index contributed by atoms with van der Waals surface area (Å²) in [5.41, 5.74) is -0.931. The third kappa shape index (κ3) is 2.86. The van der Waals surface area contributed by atoms with Gasteiger partial charge in [0, 0.05) is 9.90 Å². The fourth-order valence-electron chi connectivity index (χ4n) is 2.06. The lowest BCUT2D eigenvalue weighted by molar-refractivity contribution is -0.136. The van der Waals surface area contributed by atoms with Crippen LogP contribution in [0.2, 0.25) is 5.02 Å². The zero-order valence-corrected chi connectivity index (χ0v) is 12.8. The van der Waals surface area contributed by atoms with E-state index < -0.39 is 11.7 Å². The number of aryl methyl sites for hydroxylation is 1. The minimum Gasteiger partial charge on any atom is -0.339 e. The molecule has 0 unspecified atom stereocenters. The molecule has 3 rings (SSSR count). The molecule has 1 aromatic carbocycles. The van der Waals surface area contributed by atoms with Crippen LogP contribution in [0.15, 0.2) is 30.6 Å². The van der Waals surface area contributed by atoms with E-state index in [0.29, 0.717) is 11.2 Å². The summed E-state index contributed by atoms with van der Waals surface area (Å²) in [7, 11) is 0. The largest absolute Gasteiger partial charge is 0.418 e. The fraction of sp³-hybridized carbons (Fsp3) is 0.143. The van der Waals surface area contributed by atoms with Gasteiger partial charge in [-0.2, -0.15) is 13.2 Å². The van der Waals surface area contributed by atoms with Gasteiger partial charge in [0.25, 0.3) is 0 Å². The van der Waals surface area contributed by atoms with Gasteiger partial charge in [0.15, 0.2) is 0 Å². The number of halogens is 4. The second-order valence-corrected chi connectivity index (χ2v) is 6.28. The minimum atomic E-state index is -4.51. The van der Waals surface area contributed by atoms with Crippen LogP contribution in [0, 0.1) is 6.92 Å². The van der Waals surface area contributed by atoms with E-state index in [-0.39, 0.29) is 10.7 Å². The number of nitrogens with one attached hydrogen (secondary N) is 1. The Kier molecular flexibility index (Phi) is 3.70. The van der Waals surface area contributed by atoms with E-state index in [2.05, 4.69) is 15.3 Å². The molecular formula is C14H9ClF3N3S. The number of anilines is 2. The number of hydrogen-bond donors (Lipinski definition) is 1. The maximum Gasteiger partial charge on any atom is 0.418 e. The van der Waals surface area contributed by atoms with Gasteiger partial charge in [-0.25, -0.2) is 9.97 Å². The summed E-state index contributed by atoms with van der Waals surface area (Å²) in [4.78, 5) is 9.88. The second-order valence-electron chi connectivity index (χ2n) is 4.61. The molecule has 0 atom stereocenters. The highest BCUT2D eigenvalue weighted by molar-refractivity contribution is 7.18. The topological polar surface area (TPSA) is 37.8 Å². The first kappa shape index (κ1) is 15.1. The monoisotopic (exact) mass is 343 g/mol. The fourth-order valence-corrected chi connectivity index (χ4v) is 3.08. The van der Waals surface area contributed by atoms with Crippen molar-refractivity contribution < 1.29 is 13.2 Å². The zero-order chi connectivity index (χ0) is 15.9. The quantitative estimate of drug-likeness (QED) is 0.675. The van der Waals surface area contributed by atoms with Crippen molar-refractivity contribution in [3.63, 3.8) is 0 Å².